The minimum Gasteiger partial charge on any atom is -0.295 e. The van der Waals surface area contributed by atoms with Crippen molar-refractivity contribution in [2.75, 3.05) is 6.54 Å². The van der Waals surface area contributed by atoms with E-state index in [1.54, 1.807) is 0 Å². The zero-order valence-electron chi connectivity index (χ0n) is 6.89. The number of hydrogen-bond donors (Lipinski definition) is 0. The Bertz CT molecular complexity index is 98.7. The van der Waals surface area contributed by atoms with Crippen LogP contribution in [-0.4, -0.2) is 23.5 Å². The average Bonchev–Trinajstić information content (AvgIpc) is 2.40. The topological polar surface area (TPSA) is 3.01 Å². The number of likely N-dealkylation sites (N-methyl/N-ethyl adjacent to an activating group) is 1. The molecule has 0 aromatic heterocycles. The molecule has 1 fully saturated rings. The van der Waals surface area contributed by atoms with Crippen molar-refractivity contribution in [3.8, 4) is 0 Å². The predicted octanol–water partition coefficient (Wildman–Crippen LogP) is 1.74. The summed E-state index contributed by atoms with van der Waals surface area (Å²) >= 11 is 0. The van der Waals surface area contributed by atoms with Crippen molar-refractivity contribution in [1.29, 1.82) is 0 Å². The lowest BCUT2D eigenvalue weighted by Gasteiger charge is -2.00. The maximum atomic E-state index is 2.53. The van der Waals surface area contributed by atoms with Crippen molar-refractivity contribution in [1.82, 2.24) is 4.90 Å². The summed E-state index contributed by atoms with van der Waals surface area (Å²) in [6, 6.07) is 1.74. The van der Waals surface area contributed by atoms with Gasteiger partial charge in [0.05, 0.1) is 0 Å². The van der Waals surface area contributed by atoms with Crippen LogP contribution >= 0.6 is 0 Å². The van der Waals surface area contributed by atoms with E-state index >= 15 is 0 Å². The van der Waals surface area contributed by atoms with Gasteiger partial charge in [-0.05, 0) is 19.4 Å². The van der Waals surface area contributed by atoms with Crippen molar-refractivity contribution in [2.45, 2.75) is 39.8 Å². The van der Waals surface area contributed by atoms with Gasteiger partial charge in [-0.15, -0.1) is 0 Å². The standard InChI is InChI=1S/C8H17N/c1-5-9-7(4)8(9)6(2)3/h6-8H,5H2,1-4H3/t7-,8+,9?/m1/s1. The summed E-state index contributed by atoms with van der Waals surface area (Å²) in [4.78, 5) is 2.53. The first-order valence-electron chi connectivity index (χ1n) is 3.94. The molecule has 1 heteroatoms. The van der Waals surface area contributed by atoms with E-state index in [4.69, 9.17) is 0 Å². The summed E-state index contributed by atoms with van der Waals surface area (Å²) in [5.41, 5.74) is 0. The van der Waals surface area contributed by atoms with Gasteiger partial charge in [-0.2, -0.15) is 0 Å². The highest BCUT2D eigenvalue weighted by Crippen LogP contribution is 2.32. The van der Waals surface area contributed by atoms with Gasteiger partial charge in [-0.25, -0.2) is 0 Å². The lowest BCUT2D eigenvalue weighted by molar-refractivity contribution is 0.457. The van der Waals surface area contributed by atoms with Crippen molar-refractivity contribution in [3.05, 3.63) is 0 Å². The van der Waals surface area contributed by atoms with Crippen LogP contribution in [0.1, 0.15) is 27.7 Å². The fourth-order valence-corrected chi connectivity index (χ4v) is 1.87. The third kappa shape index (κ3) is 1.11. The van der Waals surface area contributed by atoms with Gasteiger partial charge in [0.2, 0.25) is 0 Å². The monoisotopic (exact) mass is 127 g/mol. The first-order chi connectivity index (χ1) is 4.18. The fraction of sp³-hybridized carbons (Fsp3) is 1.00. The van der Waals surface area contributed by atoms with E-state index < -0.39 is 0 Å². The van der Waals surface area contributed by atoms with Crippen LogP contribution in [0.15, 0.2) is 0 Å². The molecule has 3 atom stereocenters. The highest BCUT2D eigenvalue weighted by Gasteiger charge is 2.43. The molecule has 0 bridgehead atoms. The van der Waals surface area contributed by atoms with Gasteiger partial charge in [0.15, 0.2) is 0 Å². The van der Waals surface area contributed by atoms with Crippen LogP contribution < -0.4 is 0 Å². The molecule has 1 unspecified atom stereocenters. The number of rotatable bonds is 2. The van der Waals surface area contributed by atoms with E-state index in [0.29, 0.717) is 0 Å². The zero-order chi connectivity index (χ0) is 7.02. The van der Waals surface area contributed by atoms with Crippen LogP contribution in [0.5, 0.6) is 0 Å². The molecule has 1 aliphatic heterocycles. The quantitative estimate of drug-likeness (QED) is 0.510. The molecule has 1 saturated heterocycles. The molecule has 1 rings (SSSR count). The van der Waals surface area contributed by atoms with Crippen LogP contribution in [0, 0.1) is 5.92 Å². The lowest BCUT2D eigenvalue weighted by atomic mass is 10.1. The maximum absolute atomic E-state index is 2.53. The Morgan fingerprint density at radius 3 is 2.11 bits per heavy atom. The summed E-state index contributed by atoms with van der Waals surface area (Å²) in [5.74, 6) is 0.847. The molecule has 0 aliphatic carbocycles. The Morgan fingerprint density at radius 2 is 2.00 bits per heavy atom. The fourth-order valence-electron chi connectivity index (χ4n) is 1.87. The lowest BCUT2D eigenvalue weighted by Crippen LogP contribution is -2.06. The third-order valence-electron chi connectivity index (χ3n) is 2.36. The Labute approximate surface area is 58.0 Å². The van der Waals surface area contributed by atoms with E-state index in [-0.39, 0.29) is 0 Å². The molecule has 1 heterocycles. The van der Waals surface area contributed by atoms with E-state index in [2.05, 4.69) is 32.6 Å². The van der Waals surface area contributed by atoms with E-state index in [1.165, 1.54) is 6.54 Å². The Morgan fingerprint density at radius 1 is 1.44 bits per heavy atom. The van der Waals surface area contributed by atoms with Gasteiger partial charge < -0.3 is 0 Å². The van der Waals surface area contributed by atoms with Crippen molar-refractivity contribution < 1.29 is 0 Å². The first-order valence-corrected chi connectivity index (χ1v) is 3.94. The minimum atomic E-state index is 0.847. The summed E-state index contributed by atoms with van der Waals surface area (Å²) in [6.45, 7) is 10.4. The SMILES string of the molecule is CCN1[C@H](C)[C@@H]1C(C)C. The molecular weight excluding hydrogens is 110 g/mol. The molecule has 9 heavy (non-hydrogen) atoms. The Hall–Kier alpha value is -0.0400. The second-order valence-corrected chi connectivity index (χ2v) is 3.31. The van der Waals surface area contributed by atoms with Crippen molar-refractivity contribution in [3.63, 3.8) is 0 Å². The molecule has 0 aromatic rings. The van der Waals surface area contributed by atoms with Crippen LogP contribution in [0.25, 0.3) is 0 Å². The van der Waals surface area contributed by atoms with Crippen molar-refractivity contribution >= 4 is 0 Å². The largest absolute Gasteiger partial charge is 0.295 e. The molecule has 1 nitrogen and oxygen atoms in total. The normalized spacial score (nSPS) is 41.7. The smallest absolute Gasteiger partial charge is 0.0275 e. The van der Waals surface area contributed by atoms with E-state index in [1.807, 2.05) is 0 Å². The highest BCUT2D eigenvalue weighted by atomic mass is 15.3. The van der Waals surface area contributed by atoms with Gasteiger partial charge in [0.1, 0.15) is 0 Å². The number of hydrogen-bond acceptors (Lipinski definition) is 1. The summed E-state index contributed by atoms with van der Waals surface area (Å²) in [6.07, 6.45) is 0. The zero-order valence-corrected chi connectivity index (χ0v) is 6.89. The van der Waals surface area contributed by atoms with Crippen molar-refractivity contribution in [2.24, 2.45) is 5.92 Å². The summed E-state index contributed by atoms with van der Waals surface area (Å²) in [7, 11) is 0. The van der Waals surface area contributed by atoms with Gasteiger partial charge in [-0.3, -0.25) is 4.90 Å². The Kier molecular flexibility index (Phi) is 1.80. The molecule has 0 aromatic carbocycles. The predicted molar refractivity (Wildman–Crippen MR) is 40.5 cm³/mol. The average molecular weight is 127 g/mol. The first kappa shape index (κ1) is 7.07. The van der Waals surface area contributed by atoms with Gasteiger partial charge >= 0.3 is 0 Å². The minimum absolute atomic E-state index is 0.847. The second-order valence-electron chi connectivity index (χ2n) is 3.31. The second kappa shape index (κ2) is 2.30. The molecule has 54 valence electrons. The molecule has 0 saturated carbocycles. The van der Waals surface area contributed by atoms with Gasteiger partial charge in [-0.1, -0.05) is 20.8 Å². The van der Waals surface area contributed by atoms with Crippen LogP contribution in [0.2, 0.25) is 0 Å². The maximum Gasteiger partial charge on any atom is 0.0275 e. The summed E-state index contributed by atoms with van der Waals surface area (Å²) < 4.78 is 0. The van der Waals surface area contributed by atoms with Crippen LogP contribution in [0.4, 0.5) is 0 Å². The molecule has 1 aliphatic rings. The molecule has 0 amide bonds. The van der Waals surface area contributed by atoms with Crippen LogP contribution in [-0.2, 0) is 0 Å². The highest BCUT2D eigenvalue weighted by molar-refractivity contribution is 4.99. The summed E-state index contributed by atoms with van der Waals surface area (Å²) in [5, 5.41) is 0. The molecule has 0 N–H and O–H groups in total. The number of nitrogens with zero attached hydrogens (tertiary/aromatic N) is 1. The van der Waals surface area contributed by atoms with Gasteiger partial charge in [0.25, 0.3) is 0 Å². The van der Waals surface area contributed by atoms with E-state index in [0.717, 1.165) is 18.0 Å². The van der Waals surface area contributed by atoms with E-state index in [9.17, 15) is 0 Å². The Balaban J connectivity index is 2.33. The molecule has 0 radical (unpaired) electrons. The molecule has 0 spiro atoms. The van der Waals surface area contributed by atoms with Gasteiger partial charge in [0, 0.05) is 12.1 Å². The van der Waals surface area contributed by atoms with Crippen LogP contribution in [0.3, 0.4) is 0 Å². The molecular formula is C8H17N. The third-order valence-corrected chi connectivity index (χ3v) is 2.36.